The van der Waals surface area contributed by atoms with Gasteiger partial charge >= 0.3 is 5.97 Å². The third-order valence-electron chi connectivity index (χ3n) is 5.31. The minimum Gasteiger partial charge on any atom is -0.492 e. The van der Waals surface area contributed by atoms with E-state index in [0.29, 0.717) is 25.0 Å². The molecule has 1 saturated heterocycles. The summed E-state index contributed by atoms with van der Waals surface area (Å²) in [6, 6.07) is 0. The van der Waals surface area contributed by atoms with E-state index in [0.717, 1.165) is 25.7 Å². The molecule has 26 heavy (non-hydrogen) atoms. The minimum atomic E-state index is -1.28. The number of carboxylic acids is 1. The number of rotatable bonds is 10. The number of aliphatic hydroxyl groups excluding tert-OH is 1. The molecule has 4 nitrogen and oxygen atoms in total. The van der Waals surface area contributed by atoms with E-state index in [1.807, 2.05) is 6.92 Å². The number of unbranched alkanes of at least 4 members (excludes halogenated alkanes) is 2. The van der Waals surface area contributed by atoms with E-state index in [9.17, 15) is 18.7 Å². The Kier molecular flexibility index (Phi) is 8.07. The zero-order chi connectivity index (χ0) is 19.1. The van der Waals surface area contributed by atoms with Gasteiger partial charge in [0, 0.05) is 12.3 Å². The fourth-order valence-electron chi connectivity index (χ4n) is 3.82. The second kappa shape index (κ2) is 10.0. The van der Waals surface area contributed by atoms with Crippen molar-refractivity contribution >= 4 is 5.97 Å². The SMILES string of the molecule is CCCC[C@@H](F)[C@H](O)/C=C/[C@H]1CC[C@@H]2O/C(=C\CCCC(=O)O)C(F)[C@@H]21. The number of allylic oxidation sites excluding steroid dienone is 3. The van der Waals surface area contributed by atoms with Crippen LogP contribution in [-0.4, -0.2) is 40.7 Å². The van der Waals surface area contributed by atoms with Crippen molar-refractivity contribution in [3.05, 3.63) is 24.0 Å². The van der Waals surface area contributed by atoms with Crippen LogP contribution in [0.2, 0.25) is 0 Å². The molecule has 1 aliphatic heterocycles. The summed E-state index contributed by atoms with van der Waals surface area (Å²) in [6.07, 6.45) is 5.45. The van der Waals surface area contributed by atoms with Crippen molar-refractivity contribution < 1.29 is 28.5 Å². The van der Waals surface area contributed by atoms with E-state index in [1.54, 1.807) is 12.2 Å². The van der Waals surface area contributed by atoms with Gasteiger partial charge in [-0.3, -0.25) is 4.79 Å². The number of aliphatic carboxylic acids is 1. The molecule has 6 heteroatoms. The van der Waals surface area contributed by atoms with Crippen LogP contribution in [0, 0.1) is 11.8 Å². The first kappa shape index (κ1) is 20.9. The maximum atomic E-state index is 14.7. The van der Waals surface area contributed by atoms with Crippen LogP contribution in [-0.2, 0) is 9.53 Å². The molecule has 2 N–H and O–H groups in total. The average molecular weight is 372 g/mol. The topological polar surface area (TPSA) is 66.8 Å². The highest BCUT2D eigenvalue weighted by atomic mass is 19.1. The molecule has 0 aromatic rings. The van der Waals surface area contributed by atoms with Crippen LogP contribution < -0.4 is 0 Å². The number of halogens is 2. The van der Waals surface area contributed by atoms with Gasteiger partial charge in [-0.2, -0.15) is 0 Å². The van der Waals surface area contributed by atoms with Crippen LogP contribution >= 0.6 is 0 Å². The Hall–Kier alpha value is -1.43. The highest BCUT2D eigenvalue weighted by Crippen LogP contribution is 2.47. The summed E-state index contributed by atoms with van der Waals surface area (Å²) in [5.41, 5.74) is 0. The predicted octanol–water partition coefficient (Wildman–Crippen LogP) is 4.33. The van der Waals surface area contributed by atoms with E-state index in [4.69, 9.17) is 9.84 Å². The van der Waals surface area contributed by atoms with Gasteiger partial charge in [-0.15, -0.1) is 0 Å². The highest BCUT2D eigenvalue weighted by Gasteiger charge is 2.49. The third kappa shape index (κ3) is 5.53. The number of carbonyl (C=O) groups is 1. The summed E-state index contributed by atoms with van der Waals surface area (Å²) in [4.78, 5) is 10.5. The maximum absolute atomic E-state index is 14.7. The van der Waals surface area contributed by atoms with Crippen molar-refractivity contribution in [2.45, 2.75) is 82.8 Å². The third-order valence-corrected chi connectivity index (χ3v) is 5.31. The normalized spacial score (nSPS) is 31.9. The Morgan fingerprint density at radius 2 is 2.15 bits per heavy atom. The van der Waals surface area contributed by atoms with E-state index < -0.39 is 24.4 Å². The molecule has 1 unspecified atom stereocenters. The van der Waals surface area contributed by atoms with Gasteiger partial charge in [0.05, 0.1) is 0 Å². The van der Waals surface area contributed by atoms with Crippen molar-refractivity contribution in [3.63, 3.8) is 0 Å². The Labute approximate surface area is 153 Å². The lowest BCUT2D eigenvalue weighted by Crippen LogP contribution is -2.22. The second-order valence-corrected chi connectivity index (χ2v) is 7.30. The number of ether oxygens (including phenoxy) is 1. The molecule has 1 heterocycles. The molecular weight excluding hydrogens is 342 g/mol. The van der Waals surface area contributed by atoms with Crippen LogP contribution in [0.3, 0.4) is 0 Å². The summed E-state index contributed by atoms with van der Waals surface area (Å²) in [5, 5.41) is 18.5. The van der Waals surface area contributed by atoms with Crippen LogP contribution in [0.1, 0.15) is 58.3 Å². The molecule has 0 bridgehead atoms. The molecule has 6 atom stereocenters. The number of aliphatic hydroxyl groups is 1. The van der Waals surface area contributed by atoms with E-state index in [2.05, 4.69) is 0 Å². The molecule has 0 amide bonds. The summed E-state index contributed by atoms with van der Waals surface area (Å²) < 4.78 is 34.3. The standard InChI is InChI=1S/C20H30F2O4/c1-2-3-6-14(21)15(23)11-9-13-10-12-16-19(13)20(22)17(26-16)7-4-5-8-18(24)25/h7,9,11,13-16,19-20,23H,2-6,8,10,12H2,1H3,(H,24,25)/b11-9+,17-7-/t13-,14+,15+,16-,19+,20?/m0/s1. The second-order valence-electron chi connectivity index (χ2n) is 7.30. The molecule has 2 aliphatic rings. The van der Waals surface area contributed by atoms with Gasteiger partial charge in [-0.05, 0) is 44.1 Å². The number of alkyl halides is 2. The molecule has 2 fully saturated rings. The van der Waals surface area contributed by atoms with E-state index in [1.165, 1.54) is 6.08 Å². The fourth-order valence-corrected chi connectivity index (χ4v) is 3.82. The van der Waals surface area contributed by atoms with E-state index >= 15 is 0 Å². The lowest BCUT2D eigenvalue weighted by atomic mass is 9.90. The number of hydrogen-bond donors (Lipinski definition) is 2. The minimum absolute atomic E-state index is 0.0548. The Morgan fingerprint density at radius 1 is 1.38 bits per heavy atom. The molecule has 0 spiro atoms. The smallest absolute Gasteiger partial charge is 0.303 e. The largest absolute Gasteiger partial charge is 0.492 e. The molecular formula is C20H30F2O4. The molecule has 1 saturated carbocycles. The molecule has 0 aromatic carbocycles. The Morgan fingerprint density at radius 3 is 2.85 bits per heavy atom. The summed E-state index contributed by atoms with van der Waals surface area (Å²) in [7, 11) is 0. The van der Waals surface area contributed by atoms with Crippen LogP contribution in [0.25, 0.3) is 0 Å². The predicted molar refractivity (Wildman–Crippen MR) is 95.1 cm³/mol. The van der Waals surface area contributed by atoms with Crippen molar-refractivity contribution in [2.24, 2.45) is 11.8 Å². The summed E-state index contributed by atoms with van der Waals surface area (Å²) in [6.45, 7) is 1.97. The van der Waals surface area contributed by atoms with Crippen LogP contribution in [0.15, 0.2) is 24.0 Å². The van der Waals surface area contributed by atoms with Gasteiger partial charge in [-0.25, -0.2) is 8.78 Å². The number of carboxylic acid groups (broad SMARTS) is 1. The lowest BCUT2D eigenvalue weighted by Gasteiger charge is -2.16. The molecule has 0 radical (unpaired) electrons. The first-order valence-electron chi connectivity index (χ1n) is 9.67. The van der Waals surface area contributed by atoms with Gasteiger partial charge in [0.1, 0.15) is 24.1 Å². The monoisotopic (exact) mass is 372 g/mol. The molecule has 0 aromatic heterocycles. The number of fused-ring (bicyclic) bond motifs is 1. The van der Waals surface area contributed by atoms with Crippen LogP contribution in [0.4, 0.5) is 8.78 Å². The lowest BCUT2D eigenvalue weighted by molar-refractivity contribution is -0.137. The Bertz CT molecular complexity index is 520. The van der Waals surface area contributed by atoms with Gasteiger partial charge in [-0.1, -0.05) is 31.9 Å². The molecule has 148 valence electrons. The molecule has 2 rings (SSSR count). The number of hydrogen-bond acceptors (Lipinski definition) is 3. The summed E-state index contributed by atoms with van der Waals surface area (Å²) >= 11 is 0. The quantitative estimate of drug-likeness (QED) is 0.442. The van der Waals surface area contributed by atoms with E-state index in [-0.39, 0.29) is 24.4 Å². The zero-order valence-corrected chi connectivity index (χ0v) is 15.3. The van der Waals surface area contributed by atoms with Gasteiger partial charge in [0.2, 0.25) is 0 Å². The zero-order valence-electron chi connectivity index (χ0n) is 15.3. The van der Waals surface area contributed by atoms with Gasteiger partial charge in [0.25, 0.3) is 0 Å². The average Bonchev–Trinajstić information content (AvgIpc) is 3.14. The van der Waals surface area contributed by atoms with Gasteiger partial charge < -0.3 is 14.9 Å². The highest BCUT2D eigenvalue weighted by molar-refractivity contribution is 5.66. The summed E-state index contributed by atoms with van der Waals surface area (Å²) in [5.74, 6) is -0.945. The van der Waals surface area contributed by atoms with Crippen molar-refractivity contribution in [3.8, 4) is 0 Å². The van der Waals surface area contributed by atoms with Crippen molar-refractivity contribution in [1.82, 2.24) is 0 Å². The van der Waals surface area contributed by atoms with Crippen molar-refractivity contribution in [1.29, 1.82) is 0 Å². The molecule has 1 aliphatic carbocycles. The fraction of sp³-hybridized carbons (Fsp3) is 0.750. The first-order valence-corrected chi connectivity index (χ1v) is 9.67. The van der Waals surface area contributed by atoms with Gasteiger partial charge in [0.15, 0.2) is 6.17 Å². The maximum Gasteiger partial charge on any atom is 0.303 e. The Balaban J connectivity index is 1.88. The van der Waals surface area contributed by atoms with Crippen LogP contribution in [0.5, 0.6) is 0 Å². The van der Waals surface area contributed by atoms with Crippen molar-refractivity contribution in [2.75, 3.05) is 0 Å². The first-order chi connectivity index (χ1) is 12.4.